The maximum absolute atomic E-state index is 6.24. The Balaban J connectivity index is 1.77. The lowest BCUT2D eigenvalue weighted by molar-refractivity contribution is 0.316. The molecule has 7 nitrogen and oxygen atoms in total. The van der Waals surface area contributed by atoms with Crippen LogP contribution in [0.1, 0.15) is 19.4 Å². The van der Waals surface area contributed by atoms with Crippen molar-refractivity contribution >= 4 is 28.6 Å². The minimum absolute atomic E-state index is 0.520. The Kier molecular flexibility index (Phi) is 5.78. The van der Waals surface area contributed by atoms with E-state index < -0.39 is 0 Å². The number of fused-ring (bicyclic) bond motifs is 1. The molecular weight excluding hydrogens is 338 g/mol. The largest absolute Gasteiger partial charge is 0.367 e. The van der Waals surface area contributed by atoms with Crippen LogP contribution in [0.5, 0.6) is 0 Å². The zero-order valence-corrected chi connectivity index (χ0v) is 15.2. The molecule has 0 fully saturated rings. The van der Waals surface area contributed by atoms with Crippen LogP contribution in [0.4, 0.5) is 5.82 Å². The first kappa shape index (κ1) is 17.6. The molecule has 2 heterocycles. The van der Waals surface area contributed by atoms with Crippen molar-refractivity contribution in [3.63, 3.8) is 0 Å². The molecule has 2 aromatic heterocycles. The van der Waals surface area contributed by atoms with Gasteiger partial charge in [0.15, 0.2) is 17.0 Å². The van der Waals surface area contributed by atoms with Crippen LogP contribution < -0.4 is 5.32 Å². The first-order chi connectivity index (χ1) is 12.2. The third-order valence-corrected chi connectivity index (χ3v) is 4.56. The Labute approximate surface area is 152 Å². The van der Waals surface area contributed by atoms with E-state index >= 15 is 0 Å². The highest BCUT2D eigenvalue weighted by Gasteiger charge is 2.13. The van der Waals surface area contributed by atoms with E-state index in [1.165, 1.54) is 6.33 Å². The molecule has 132 valence electrons. The summed E-state index contributed by atoms with van der Waals surface area (Å²) < 4.78 is 1.74. The van der Waals surface area contributed by atoms with Gasteiger partial charge >= 0.3 is 0 Å². The molecule has 0 radical (unpaired) electrons. The normalized spacial score (nSPS) is 11.4. The van der Waals surface area contributed by atoms with Gasteiger partial charge in [-0.3, -0.25) is 0 Å². The van der Waals surface area contributed by atoms with Gasteiger partial charge in [-0.25, -0.2) is 14.6 Å². The van der Waals surface area contributed by atoms with Crippen LogP contribution in [0.25, 0.3) is 11.2 Å². The van der Waals surface area contributed by atoms with E-state index in [-0.39, 0.29) is 0 Å². The Morgan fingerprint density at radius 2 is 1.96 bits per heavy atom. The van der Waals surface area contributed by atoms with Gasteiger partial charge in [-0.2, -0.15) is 0 Å². The van der Waals surface area contributed by atoms with Crippen molar-refractivity contribution in [1.29, 1.82) is 0 Å². The predicted octanol–water partition coefficient (Wildman–Crippen LogP) is 2.68. The second-order valence-corrected chi connectivity index (χ2v) is 6.09. The fraction of sp³-hybridized carbons (Fsp3) is 0.412. The van der Waals surface area contributed by atoms with Gasteiger partial charge in [0, 0.05) is 18.1 Å². The highest BCUT2D eigenvalue weighted by molar-refractivity contribution is 6.31. The number of hydrogen-bond acceptors (Lipinski definition) is 6. The highest BCUT2D eigenvalue weighted by Crippen LogP contribution is 2.20. The number of halogens is 1. The van der Waals surface area contributed by atoms with E-state index in [9.17, 15) is 0 Å². The van der Waals surface area contributed by atoms with E-state index in [2.05, 4.69) is 44.3 Å². The third kappa shape index (κ3) is 4.05. The fourth-order valence-corrected chi connectivity index (χ4v) is 2.88. The zero-order chi connectivity index (χ0) is 17.6. The summed E-state index contributed by atoms with van der Waals surface area (Å²) in [5.41, 5.74) is 2.35. The van der Waals surface area contributed by atoms with Gasteiger partial charge in [0.2, 0.25) is 0 Å². The Morgan fingerprint density at radius 1 is 1.16 bits per heavy atom. The number of anilines is 1. The monoisotopic (exact) mass is 359 g/mol. The lowest BCUT2D eigenvalue weighted by Crippen LogP contribution is -2.28. The molecule has 8 heteroatoms. The molecule has 0 bridgehead atoms. The minimum atomic E-state index is 0.520. The summed E-state index contributed by atoms with van der Waals surface area (Å²) in [4.78, 5) is 11.0. The fourth-order valence-electron chi connectivity index (χ4n) is 2.69. The second-order valence-electron chi connectivity index (χ2n) is 5.69. The standard InChI is InChI=1S/C17H22ClN7/c1-3-24(4-2)10-9-19-16-15-17(21-12-20-16)25(23-22-15)11-13-7-5-6-8-14(13)18/h5-8,12H,3-4,9-11H2,1-2H3,(H,19,20,21). The number of benzene rings is 1. The third-order valence-electron chi connectivity index (χ3n) is 4.19. The maximum Gasteiger partial charge on any atom is 0.184 e. The summed E-state index contributed by atoms with van der Waals surface area (Å²) in [5.74, 6) is 0.711. The molecular formula is C17H22ClN7. The summed E-state index contributed by atoms with van der Waals surface area (Å²) in [5, 5.41) is 12.5. The van der Waals surface area contributed by atoms with Gasteiger partial charge in [0.25, 0.3) is 0 Å². The van der Waals surface area contributed by atoms with E-state index in [0.717, 1.165) is 31.7 Å². The van der Waals surface area contributed by atoms with Crippen LogP contribution in [0.15, 0.2) is 30.6 Å². The first-order valence-corrected chi connectivity index (χ1v) is 8.84. The zero-order valence-electron chi connectivity index (χ0n) is 14.5. The molecule has 0 amide bonds. The van der Waals surface area contributed by atoms with Crippen molar-refractivity contribution in [2.45, 2.75) is 20.4 Å². The van der Waals surface area contributed by atoms with Gasteiger partial charge in [-0.1, -0.05) is 48.9 Å². The van der Waals surface area contributed by atoms with Crippen LogP contribution in [-0.2, 0) is 6.54 Å². The van der Waals surface area contributed by atoms with Crippen molar-refractivity contribution in [3.05, 3.63) is 41.2 Å². The average Bonchev–Trinajstić information content (AvgIpc) is 3.04. The summed E-state index contributed by atoms with van der Waals surface area (Å²) in [6.07, 6.45) is 1.54. The van der Waals surface area contributed by atoms with Crippen molar-refractivity contribution in [2.75, 3.05) is 31.5 Å². The van der Waals surface area contributed by atoms with Crippen LogP contribution in [0, 0.1) is 0 Å². The molecule has 1 N–H and O–H groups in total. The summed E-state index contributed by atoms with van der Waals surface area (Å²) >= 11 is 6.24. The highest BCUT2D eigenvalue weighted by atomic mass is 35.5. The number of nitrogens with one attached hydrogen (secondary N) is 1. The number of hydrogen-bond donors (Lipinski definition) is 1. The quantitative estimate of drug-likeness (QED) is 0.666. The van der Waals surface area contributed by atoms with E-state index in [1.807, 2.05) is 24.3 Å². The molecule has 25 heavy (non-hydrogen) atoms. The van der Waals surface area contributed by atoms with E-state index in [0.29, 0.717) is 28.5 Å². The van der Waals surface area contributed by atoms with Gasteiger partial charge in [-0.15, -0.1) is 5.10 Å². The number of likely N-dealkylation sites (N-methyl/N-ethyl adjacent to an activating group) is 1. The number of nitrogens with zero attached hydrogens (tertiary/aromatic N) is 6. The molecule has 0 unspecified atom stereocenters. The summed E-state index contributed by atoms with van der Waals surface area (Å²) in [7, 11) is 0. The molecule has 0 saturated carbocycles. The maximum atomic E-state index is 6.24. The molecule has 0 aliphatic heterocycles. The van der Waals surface area contributed by atoms with Gasteiger partial charge in [0.05, 0.1) is 6.54 Å². The Hall–Kier alpha value is -2.25. The van der Waals surface area contributed by atoms with E-state index in [1.54, 1.807) is 4.68 Å². The SMILES string of the molecule is CCN(CC)CCNc1ncnc2c1nnn2Cc1ccccc1Cl. The molecule has 0 saturated heterocycles. The lowest BCUT2D eigenvalue weighted by atomic mass is 10.2. The molecule has 3 rings (SSSR count). The average molecular weight is 360 g/mol. The predicted molar refractivity (Wildman–Crippen MR) is 99.9 cm³/mol. The summed E-state index contributed by atoms with van der Waals surface area (Å²) in [6, 6.07) is 7.70. The first-order valence-electron chi connectivity index (χ1n) is 8.46. The Bertz CT molecular complexity index is 829. The number of aromatic nitrogens is 5. The molecule has 0 atom stereocenters. The van der Waals surface area contributed by atoms with Crippen molar-refractivity contribution in [3.8, 4) is 0 Å². The second kappa shape index (κ2) is 8.22. The topological polar surface area (TPSA) is 71.8 Å². The Morgan fingerprint density at radius 3 is 2.72 bits per heavy atom. The molecule has 0 aliphatic carbocycles. The van der Waals surface area contributed by atoms with Gasteiger partial charge in [0.1, 0.15) is 6.33 Å². The van der Waals surface area contributed by atoms with Crippen molar-refractivity contribution in [2.24, 2.45) is 0 Å². The van der Waals surface area contributed by atoms with Crippen LogP contribution in [-0.4, -0.2) is 56.0 Å². The van der Waals surface area contributed by atoms with Crippen molar-refractivity contribution in [1.82, 2.24) is 29.9 Å². The summed E-state index contributed by atoms with van der Waals surface area (Å²) in [6.45, 7) is 8.65. The van der Waals surface area contributed by atoms with Crippen molar-refractivity contribution < 1.29 is 0 Å². The van der Waals surface area contributed by atoms with E-state index in [4.69, 9.17) is 11.6 Å². The molecule has 0 spiro atoms. The van der Waals surface area contributed by atoms with Crippen LogP contribution in [0.3, 0.4) is 0 Å². The van der Waals surface area contributed by atoms with Crippen LogP contribution >= 0.6 is 11.6 Å². The lowest BCUT2D eigenvalue weighted by Gasteiger charge is -2.18. The number of rotatable bonds is 8. The van der Waals surface area contributed by atoms with Gasteiger partial charge in [-0.05, 0) is 24.7 Å². The molecule has 1 aromatic carbocycles. The molecule has 3 aromatic rings. The van der Waals surface area contributed by atoms with Gasteiger partial charge < -0.3 is 10.2 Å². The smallest absolute Gasteiger partial charge is 0.184 e. The molecule has 0 aliphatic rings. The van der Waals surface area contributed by atoms with Crippen LogP contribution in [0.2, 0.25) is 5.02 Å². The minimum Gasteiger partial charge on any atom is -0.367 e.